The van der Waals surface area contributed by atoms with Gasteiger partial charge in [-0.15, -0.1) is 0 Å². The topological polar surface area (TPSA) is 88.1 Å². The van der Waals surface area contributed by atoms with Crippen molar-refractivity contribution in [2.24, 2.45) is 0 Å². The number of nitrogens with zero attached hydrogens (tertiary/aromatic N) is 1. The van der Waals surface area contributed by atoms with Crippen molar-refractivity contribution in [2.45, 2.75) is 44.7 Å². The van der Waals surface area contributed by atoms with Crippen LogP contribution < -0.4 is 5.48 Å². The number of nitrogens with one attached hydrogen (secondary N) is 1. The number of rotatable bonds is 5. The highest BCUT2D eigenvalue weighted by Crippen LogP contribution is 2.26. The summed E-state index contributed by atoms with van der Waals surface area (Å²) in [6, 6.07) is 7.12. The van der Waals surface area contributed by atoms with Crippen molar-refractivity contribution in [2.75, 3.05) is 18.9 Å². The van der Waals surface area contributed by atoms with Crippen LogP contribution in [-0.4, -0.2) is 54.8 Å². The summed E-state index contributed by atoms with van der Waals surface area (Å²) in [5, 5.41) is 9.41. The highest BCUT2D eigenvalue weighted by Gasteiger charge is 2.40. The van der Waals surface area contributed by atoms with E-state index in [1.807, 2.05) is 24.3 Å². The van der Waals surface area contributed by atoms with Crippen LogP contribution in [0.2, 0.25) is 0 Å². The molecule has 2 aliphatic rings. The lowest BCUT2D eigenvalue weighted by Crippen LogP contribution is -2.49. The average Bonchev–Trinajstić information content (AvgIpc) is 2.92. The van der Waals surface area contributed by atoms with Crippen molar-refractivity contribution in [3.63, 3.8) is 0 Å². The lowest BCUT2D eigenvalue weighted by molar-refractivity contribution is -0.144. The number of hydrogen-bond acceptors (Lipinski definition) is 6. The molecule has 2 N–H and O–H groups in total. The molecule has 134 valence electrons. The highest BCUT2D eigenvalue weighted by molar-refractivity contribution is 7.89. The molecule has 3 rings (SSSR count). The Labute approximate surface area is 142 Å². The Morgan fingerprint density at radius 2 is 2.08 bits per heavy atom. The third kappa shape index (κ3) is 3.79. The second-order valence-corrected chi connectivity index (χ2v) is 8.75. The molecular weight excluding hydrogens is 332 g/mol. The van der Waals surface area contributed by atoms with Gasteiger partial charge in [0, 0.05) is 13.1 Å². The predicted octanol–water partition coefficient (Wildman–Crippen LogP) is 0.873. The van der Waals surface area contributed by atoms with Gasteiger partial charge in [0.25, 0.3) is 0 Å². The second kappa shape index (κ2) is 6.70. The average molecular weight is 356 g/mol. The van der Waals surface area contributed by atoms with E-state index in [4.69, 9.17) is 9.47 Å². The Bertz CT molecular complexity index is 691. The van der Waals surface area contributed by atoms with Crippen LogP contribution >= 0.6 is 0 Å². The molecule has 1 aromatic rings. The van der Waals surface area contributed by atoms with Crippen LogP contribution in [0.15, 0.2) is 24.3 Å². The summed E-state index contributed by atoms with van der Waals surface area (Å²) in [4.78, 5) is 0. The number of benzene rings is 1. The van der Waals surface area contributed by atoms with Crippen LogP contribution in [0.25, 0.3) is 0 Å². The fourth-order valence-electron chi connectivity index (χ4n) is 3.18. The standard InChI is InChI=1S/C16H24N2O5S/c1-16(2)22-10-15(23-16)14(17-19)11-24(20,21)18-8-7-12-5-3-4-6-13(12)9-18/h3-6,14-15,17,19H,7-11H2,1-2H3/t14?,15-/m0/s1. The second-order valence-electron chi connectivity index (χ2n) is 6.73. The van der Waals surface area contributed by atoms with Gasteiger partial charge in [0.05, 0.1) is 18.4 Å². The monoisotopic (exact) mass is 356 g/mol. The third-order valence-electron chi connectivity index (χ3n) is 4.52. The van der Waals surface area contributed by atoms with Crippen molar-refractivity contribution in [1.29, 1.82) is 0 Å². The first-order chi connectivity index (χ1) is 11.3. The van der Waals surface area contributed by atoms with Gasteiger partial charge in [-0.25, -0.2) is 8.42 Å². The van der Waals surface area contributed by atoms with Crippen LogP contribution in [0.3, 0.4) is 0 Å². The van der Waals surface area contributed by atoms with E-state index >= 15 is 0 Å². The summed E-state index contributed by atoms with van der Waals surface area (Å²) in [6.07, 6.45) is 0.180. The van der Waals surface area contributed by atoms with Gasteiger partial charge in [-0.3, -0.25) is 0 Å². The van der Waals surface area contributed by atoms with Crippen LogP contribution in [0.5, 0.6) is 0 Å². The SMILES string of the molecule is CC1(C)OC[C@@H](C(CS(=O)(=O)N2CCc3ccccc3C2)NO)O1. The zero-order chi connectivity index (χ0) is 17.4. The Morgan fingerprint density at radius 3 is 2.71 bits per heavy atom. The first-order valence-electron chi connectivity index (χ1n) is 8.07. The van der Waals surface area contributed by atoms with Gasteiger partial charge in [-0.2, -0.15) is 9.79 Å². The molecule has 2 aliphatic heterocycles. The van der Waals surface area contributed by atoms with Crippen LogP contribution in [0, 0.1) is 0 Å². The maximum Gasteiger partial charge on any atom is 0.216 e. The van der Waals surface area contributed by atoms with Crippen LogP contribution in [0.1, 0.15) is 25.0 Å². The lowest BCUT2D eigenvalue weighted by atomic mass is 10.0. The number of fused-ring (bicyclic) bond motifs is 1. The van der Waals surface area contributed by atoms with Crippen molar-refractivity contribution < 1.29 is 23.1 Å². The molecule has 0 radical (unpaired) electrons. The molecule has 2 heterocycles. The summed E-state index contributed by atoms with van der Waals surface area (Å²) in [6.45, 7) is 4.58. The number of sulfonamides is 1. The lowest BCUT2D eigenvalue weighted by Gasteiger charge is -2.30. The smallest absolute Gasteiger partial charge is 0.216 e. The molecule has 0 aromatic heterocycles. The van der Waals surface area contributed by atoms with Crippen LogP contribution in [0.4, 0.5) is 0 Å². The van der Waals surface area contributed by atoms with E-state index in [9.17, 15) is 13.6 Å². The molecule has 2 atom stereocenters. The van der Waals surface area contributed by atoms with Gasteiger partial charge in [-0.1, -0.05) is 24.3 Å². The van der Waals surface area contributed by atoms with E-state index in [1.165, 1.54) is 9.87 Å². The van der Waals surface area contributed by atoms with Gasteiger partial charge in [0.15, 0.2) is 5.79 Å². The van der Waals surface area contributed by atoms with E-state index in [0.717, 1.165) is 5.56 Å². The molecule has 0 spiro atoms. The molecule has 1 aromatic carbocycles. The molecule has 1 unspecified atom stereocenters. The normalized spacial score (nSPS) is 25.4. The largest absolute Gasteiger partial charge is 0.348 e. The Balaban J connectivity index is 1.69. The fraction of sp³-hybridized carbons (Fsp3) is 0.625. The van der Waals surface area contributed by atoms with E-state index in [-0.39, 0.29) is 12.4 Å². The van der Waals surface area contributed by atoms with Gasteiger partial charge >= 0.3 is 0 Å². The minimum atomic E-state index is -3.54. The van der Waals surface area contributed by atoms with E-state index in [2.05, 4.69) is 5.48 Å². The summed E-state index contributed by atoms with van der Waals surface area (Å²) < 4.78 is 38.1. The van der Waals surface area contributed by atoms with Crippen LogP contribution in [-0.2, 0) is 32.5 Å². The molecule has 0 aliphatic carbocycles. The summed E-state index contributed by atoms with van der Waals surface area (Å²) in [5.74, 6) is -1.01. The van der Waals surface area contributed by atoms with Crippen molar-refractivity contribution >= 4 is 10.0 Å². The Morgan fingerprint density at radius 1 is 1.38 bits per heavy atom. The molecule has 1 fully saturated rings. The van der Waals surface area contributed by atoms with E-state index < -0.39 is 28.0 Å². The van der Waals surface area contributed by atoms with Crippen molar-refractivity contribution in [1.82, 2.24) is 9.79 Å². The zero-order valence-electron chi connectivity index (χ0n) is 13.9. The number of ether oxygens (including phenoxy) is 2. The van der Waals surface area contributed by atoms with Gasteiger partial charge in [0.2, 0.25) is 10.0 Å². The summed E-state index contributed by atoms with van der Waals surface area (Å²) >= 11 is 0. The van der Waals surface area contributed by atoms with E-state index in [1.54, 1.807) is 13.8 Å². The maximum absolute atomic E-state index is 12.8. The van der Waals surface area contributed by atoms with Gasteiger partial charge < -0.3 is 14.7 Å². The molecular formula is C16H24N2O5S. The van der Waals surface area contributed by atoms with Gasteiger partial charge in [0.1, 0.15) is 6.10 Å². The first-order valence-corrected chi connectivity index (χ1v) is 9.68. The Kier molecular flexibility index (Phi) is 4.96. The van der Waals surface area contributed by atoms with Crippen molar-refractivity contribution in [3.05, 3.63) is 35.4 Å². The third-order valence-corrected chi connectivity index (χ3v) is 6.40. The quantitative estimate of drug-likeness (QED) is 0.762. The minimum Gasteiger partial charge on any atom is -0.348 e. The molecule has 24 heavy (non-hydrogen) atoms. The summed E-state index contributed by atoms with van der Waals surface area (Å²) in [7, 11) is -3.54. The van der Waals surface area contributed by atoms with E-state index in [0.29, 0.717) is 19.5 Å². The molecule has 0 bridgehead atoms. The summed E-state index contributed by atoms with van der Waals surface area (Å²) in [5.41, 5.74) is 4.31. The molecule has 1 saturated heterocycles. The molecule has 0 saturated carbocycles. The van der Waals surface area contributed by atoms with Gasteiger partial charge in [-0.05, 0) is 31.4 Å². The molecule has 8 heteroatoms. The number of hydroxylamine groups is 1. The highest BCUT2D eigenvalue weighted by atomic mass is 32.2. The maximum atomic E-state index is 12.8. The minimum absolute atomic E-state index is 0.240. The molecule has 0 amide bonds. The van der Waals surface area contributed by atoms with Crippen molar-refractivity contribution in [3.8, 4) is 0 Å². The first kappa shape index (κ1) is 17.8. The fourth-order valence-corrected chi connectivity index (χ4v) is 4.84. The number of hydrogen-bond donors (Lipinski definition) is 2. The zero-order valence-corrected chi connectivity index (χ0v) is 14.8. The predicted molar refractivity (Wildman–Crippen MR) is 88.0 cm³/mol. The molecule has 7 nitrogen and oxygen atoms in total. The Hall–Kier alpha value is -1.03.